The van der Waals surface area contributed by atoms with Gasteiger partial charge in [0.25, 0.3) is 0 Å². The Morgan fingerprint density at radius 2 is 0.966 bits per heavy atom. The summed E-state index contributed by atoms with van der Waals surface area (Å²) < 4.78 is 37.2. The summed E-state index contributed by atoms with van der Waals surface area (Å²) in [6, 6.07) is 0.681. The average molecular weight is 471 g/mol. The lowest BCUT2D eigenvalue weighted by Gasteiger charge is -2.39. The molecule has 0 aromatic heterocycles. The third-order valence-electron chi connectivity index (χ3n) is 4.53. The summed E-state index contributed by atoms with van der Waals surface area (Å²) in [4.78, 5) is 0. The second-order valence-corrected chi connectivity index (χ2v) is 12.2. The highest BCUT2D eigenvalue weighted by Crippen LogP contribution is 2.39. The van der Waals surface area contributed by atoms with Crippen LogP contribution in [-0.4, -0.2) is 68.2 Å². The highest BCUT2D eigenvalue weighted by atomic mass is 28.4. The zero-order valence-corrected chi connectivity index (χ0v) is 21.5. The van der Waals surface area contributed by atoms with Gasteiger partial charge >= 0.3 is 17.6 Å². The van der Waals surface area contributed by atoms with Gasteiger partial charge in [-0.05, 0) is 58.9 Å². The Morgan fingerprint density at radius 1 is 0.552 bits per heavy atom. The van der Waals surface area contributed by atoms with Crippen molar-refractivity contribution in [1.29, 1.82) is 0 Å². The van der Waals surface area contributed by atoms with Gasteiger partial charge in [0.15, 0.2) is 0 Å². The maximum atomic E-state index is 6.26. The van der Waals surface area contributed by atoms with Gasteiger partial charge in [-0.3, -0.25) is 0 Å². The smallest absolute Gasteiger partial charge is 0.374 e. The molecule has 1 atom stereocenters. The minimum atomic E-state index is -2.89. The van der Waals surface area contributed by atoms with Crippen LogP contribution in [0.15, 0.2) is 0 Å². The summed E-state index contributed by atoms with van der Waals surface area (Å²) >= 11 is 0. The summed E-state index contributed by atoms with van der Waals surface area (Å²) in [6.45, 7) is 17.7. The fraction of sp³-hybridized carbons (Fsp3) is 1.00. The maximum Gasteiger partial charge on any atom is 0.504 e. The van der Waals surface area contributed by atoms with E-state index < -0.39 is 17.6 Å². The van der Waals surface area contributed by atoms with E-state index in [1.165, 1.54) is 19.3 Å². The molecule has 0 amide bonds. The normalized spacial score (nSPS) is 13.3. The Labute approximate surface area is 187 Å². The first-order chi connectivity index (χ1) is 13.5. The van der Waals surface area contributed by atoms with Crippen LogP contribution in [0.2, 0.25) is 11.6 Å². The predicted octanol–water partition coefficient (Wildman–Crippen LogP) is 3.97. The average Bonchev–Trinajstić information content (AvgIpc) is 2.65. The molecule has 178 valence electrons. The first-order valence-electron chi connectivity index (χ1n) is 11.4. The number of hydrogen-bond acceptors (Lipinski definition) is 6. The van der Waals surface area contributed by atoms with E-state index in [-0.39, 0.29) is 16.5 Å². The molecule has 0 heterocycles. The molecule has 0 aliphatic rings. The molecule has 0 spiro atoms. The molecule has 0 fully saturated rings. The van der Waals surface area contributed by atoms with Crippen LogP contribution in [0.4, 0.5) is 0 Å². The Morgan fingerprint density at radius 3 is 1.31 bits per heavy atom. The first-order valence-corrected chi connectivity index (χ1v) is 15.1. The standard InChI is InChI=1S/C20H46O6Si2.H4Si/c1-8-15-16-17-18-20(28(24-12-5,25-13-6)26-14-7)19-27(21-9-2,22-10-3)23-11-4;/h20H,8-19H2,1-7H3;1H4. The molecule has 0 aliphatic carbocycles. The van der Waals surface area contributed by atoms with Gasteiger partial charge in [-0.15, -0.1) is 0 Å². The van der Waals surface area contributed by atoms with Gasteiger partial charge in [0, 0.05) is 51.2 Å². The second kappa shape index (κ2) is 19.1. The predicted molar refractivity (Wildman–Crippen MR) is 130 cm³/mol. The van der Waals surface area contributed by atoms with Crippen molar-refractivity contribution in [2.24, 2.45) is 0 Å². The van der Waals surface area contributed by atoms with Crippen molar-refractivity contribution in [3.8, 4) is 0 Å². The summed E-state index contributed by atoms with van der Waals surface area (Å²) in [5.41, 5.74) is 0.112. The van der Waals surface area contributed by atoms with Gasteiger partial charge in [0.05, 0.1) is 0 Å². The Bertz CT molecular complexity index is 329. The van der Waals surface area contributed by atoms with Crippen LogP contribution in [0.5, 0.6) is 0 Å². The van der Waals surface area contributed by atoms with Crippen LogP contribution in [0.1, 0.15) is 80.6 Å². The highest BCUT2D eigenvalue weighted by molar-refractivity contribution is 6.68. The van der Waals surface area contributed by atoms with Gasteiger partial charge in [-0.25, -0.2) is 0 Å². The molecule has 0 N–H and O–H groups in total. The molecular formula is C20H50O6Si3. The third kappa shape index (κ3) is 11.6. The lowest BCUT2D eigenvalue weighted by atomic mass is 10.1. The van der Waals surface area contributed by atoms with Crippen molar-refractivity contribution in [2.45, 2.75) is 92.2 Å². The molecule has 6 nitrogen and oxygen atoms in total. The Balaban J connectivity index is 0. The van der Waals surface area contributed by atoms with Crippen molar-refractivity contribution in [2.75, 3.05) is 39.6 Å². The molecule has 1 unspecified atom stereocenters. The fourth-order valence-electron chi connectivity index (χ4n) is 3.57. The molecular weight excluding hydrogens is 420 g/mol. The minimum absolute atomic E-state index is 0. The highest BCUT2D eigenvalue weighted by Gasteiger charge is 2.55. The van der Waals surface area contributed by atoms with E-state index in [2.05, 4.69) is 6.92 Å². The van der Waals surface area contributed by atoms with E-state index in [9.17, 15) is 0 Å². The first kappa shape index (κ1) is 31.6. The van der Waals surface area contributed by atoms with Crippen LogP contribution < -0.4 is 0 Å². The van der Waals surface area contributed by atoms with Crippen LogP contribution in [0.25, 0.3) is 0 Å². The van der Waals surface area contributed by atoms with Gasteiger partial charge in [0.1, 0.15) is 0 Å². The molecule has 0 rings (SSSR count). The van der Waals surface area contributed by atoms with Crippen molar-refractivity contribution in [1.82, 2.24) is 0 Å². The topological polar surface area (TPSA) is 55.4 Å². The lowest BCUT2D eigenvalue weighted by molar-refractivity contribution is 0.0473. The van der Waals surface area contributed by atoms with Crippen molar-refractivity contribution < 1.29 is 26.6 Å². The molecule has 0 saturated heterocycles. The molecule has 0 saturated carbocycles. The lowest BCUT2D eigenvalue weighted by Crippen LogP contribution is -2.55. The number of unbranched alkanes of at least 4 members (excludes halogenated alkanes) is 3. The monoisotopic (exact) mass is 470 g/mol. The number of hydrogen-bond donors (Lipinski definition) is 0. The second-order valence-electron chi connectivity index (χ2n) is 6.64. The maximum absolute atomic E-state index is 6.26. The van der Waals surface area contributed by atoms with Gasteiger partial charge in [-0.2, -0.15) is 0 Å². The Hall–Kier alpha value is 0.411. The van der Waals surface area contributed by atoms with Crippen LogP contribution in [0.3, 0.4) is 0 Å². The molecule has 0 radical (unpaired) electrons. The zero-order valence-electron chi connectivity index (χ0n) is 19.5. The molecule has 9 heteroatoms. The van der Waals surface area contributed by atoms with E-state index in [0.29, 0.717) is 45.7 Å². The Kier molecular flexibility index (Phi) is 20.8. The minimum Gasteiger partial charge on any atom is -0.374 e. The largest absolute Gasteiger partial charge is 0.504 e. The van der Waals surface area contributed by atoms with Crippen LogP contribution in [0, 0.1) is 0 Å². The van der Waals surface area contributed by atoms with E-state index in [1.807, 2.05) is 41.5 Å². The van der Waals surface area contributed by atoms with Crippen LogP contribution >= 0.6 is 0 Å². The SMILES string of the molecule is CCCCCCC(C[Si](OCC)(OCC)OCC)[Si](OCC)(OCC)OCC.[SiH4]. The van der Waals surface area contributed by atoms with E-state index in [0.717, 1.165) is 12.8 Å². The van der Waals surface area contributed by atoms with Gasteiger partial charge < -0.3 is 26.6 Å². The van der Waals surface area contributed by atoms with E-state index in [4.69, 9.17) is 26.6 Å². The zero-order chi connectivity index (χ0) is 21.3. The summed E-state index contributed by atoms with van der Waals surface area (Å²) in [5.74, 6) is 0. The molecule has 0 aliphatic heterocycles. The molecule has 0 aromatic carbocycles. The third-order valence-corrected chi connectivity index (χ3v) is 11.7. The van der Waals surface area contributed by atoms with Crippen LogP contribution in [-0.2, 0) is 26.6 Å². The van der Waals surface area contributed by atoms with Gasteiger partial charge in [0.2, 0.25) is 0 Å². The summed E-state index contributed by atoms with van der Waals surface area (Å²) in [5, 5.41) is 0. The van der Waals surface area contributed by atoms with Crippen molar-refractivity contribution in [3.63, 3.8) is 0 Å². The molecule has 0 aromatic rings. The van der Waals surface area contributed by atoms with Crippen molar-refractivity contribution >= 4 is 28.6 Å². The fourth-order valence-corrected chi connectivity index (χ4v) is 10.8. The summed E-state index contributed by atoms with van der Waals surface area (Å²) in [7, 11) is -5.72. The van der Waals surface area contributed by atoms with Gasteiger partial charge in [-0.1, -0.05) is 32.6 Å². The van der Waals surface area contributed by atoms with Crippen molar-refractivity contribution in [3.05, 3.63) is 0 Å². The van der Waals surface area contributed by atoms with E-state index >= 15 is 0 Å². The quantitative estimate of drug-likeness (QED) is 0.198. The summed E-state index contributed by atoms with van der Waals surface area (Å²) in [6.07, 6.45) is 5.76. The molecule has 0 bridgehead atoms. The van der Waals surface area contributed by atoms with E-state index in [1.54, 1.807) is 0 Å². The number of rotatable bonds is 20. The molecule has 29 heavy (non-hydrogen) atoms.